The molecule has 7 fully saturated rings. The van der Waals surface area contributed by atoms with Gasteiger partial charge in [0.1, 0.15) is 159 Å². The quantitative estimate of drug-likeness (QED) is 0.0136. The van der Waals surface area contributed by atoms with Crippen LogP contribution in [0.15, 0.2) is 0 Å². The number of hydrogen-bond acceptors (Lipinski definition) is 64. The monoisotopic (exact) mass is 1930 g/mol. The number of rotatable bonds is 57. The van der Waals surface area contributed by atoms with E-state index in [9.17, 15) is 72.0 Å². The van der Waals surface area contributed by atoms with E-state index in [1.54, 1.807) is 0 Å². The minimum absolute atomic E-state index is 0.00542. The predicted octanol–water partition coefficient (Wildman–Crippen LogP) is -11.6. The normalized spacial score (nSPS) is 38.7. The molecule has 7 aliphatic heterocycles. The molecular formula is C56H87O59S7-9. The van der Waals surface area contributed by atoms with Gasteiger partial charge in [-0.2, -0.15) is 0 Å². The molecule has 0 saturated carbocycles. The van der Waals surface area contributed by atoms with Gasteiger partial charge in [-0.1, -0.05) is 0 Å². The van der Waals surface area contributed by atoms with Crippen LogP contribution in [0.25, 0.3) is 0 Å². The van der Waals surface area contributed by atoms with Crippen LogP contribution >= 0.6 is 61.6 Å². The molecule has 66 heteroatoms. The van der Waals surface area contributed by atoms with Crippen molar-refractivity contribution in [2.24, 2.45) is 0 Å². The third-order valence-corrected chi connectivity index (χ3v) is 21.8. The Morgan fingerprint density at radius 1 is 0.270 bits per heavy atom. The van der Waals surface area contributed by atoms with Crippen LogP contribution in [0, 0.1) is 0 Å². The molecule has 0 aromatic carbocycles. The van der Waals surface area contributed by atoms with E-state index in [4.69, 9.17) is 153 Å². The van der Waals surface area contributed by atoms with Crippen LogP contribution in [-0.4, -0.2) is 385 Å². The van der Waals surface area contributed by atoms with Gasteiger partial charge in [-0.3, -0.25) is 54.5 Å². The van der Waals surface area contributed by atoms with Crippen molar-refractivity contribution in [2.45, 2.75) is 215 Å². The number of ether oxygens (including phenoxy) is 27. The summed E-state index contributed by atoms with van der Waals surface area (Å²) in [6.07, 6.45) is -62.5. The standard InChI is InChI=1S/C56H96O59S7/c1-72-15-20-25(74-3)30(75-4)41(80-9)51(90-20)94-26-21(16-73-2)91-52(42(81-10)31(26)76-5)95-27-23(18-87-121(66,67)68)92-53(43(82-11)32(27)77-6)98-35-33(78-7)44(83-12)55(100-39(35)48(57)58)97-29-24(19-88-122(69,70)71)93-56(47(105-120-115-110-65)38(29)103-118-113-108-63)99-36-34(79-8)45(84-13)54(101-40(36)49(59)60)96-28-22(17-86-116-111-106-61)89-50(85-14)46(104-119-114-109-64)37(28)102-117-112-107-62/h20-47,50-56,61-65H,15-19H2,1-14H3,(H,57,58)(H,59,60)(H,66,67,68)(H,69,70,71)/p-9/t20-,21-,22?,23?,24-,25+,26+,27+,28+,29+,30?,31?,32-,33-,34?,35-,36-,37-,38?,39?,40+,41?,42?,43?,44?,45?,46?,47?,50-,51+,52-,53-,54-,55+,56+/m0/s1. The number of carboxylic acids is 2. The Hall–Kier alpha value is -1.45. The first-order chi connectivity index (χ1) is 58.6. The summed E-state index contributed by atoms with van der Waals surface area (Å²) in [5.41, 5.74) is 0. The van der Waals surface area contributed by atoms with Crippen LogP contribution in [0.1, 0.15) is 0 Å². The summed E-state index contributed by atoms with van der Waals surface area (Å²) in [5, 5.41) is 99.4. The predicted molar refractivity (Wildman–Crippen MR) is 355 cm³/mol. The van der Waals surface area contributed by atoms with Gasteiger partial charge in [0.05, 0.1) is 45.0 Å². The minimum atomic E-state index is -5.88. The molecule has 0 radical (unpaired) electrons. The molecule has 716 valence electrons. The van der Waals surface area contributed by atoms with Gasteiger partial charge in [-0.05, 0) is 0 Å². The zero-order valence-electron chi connectivity index (χ0n) is 65.7. The number of methoxy groups -OCH3 is 14. The lowest BCUT2D eigenvalue weighted by Crippen LogP contribution is -2.70. The Balaban J connectivity index is 1.23. The molecule has 0 aliphatic carbocycles. The fraction of sp³-hybridized carbons (Fsp3) is 0.964. The fourth-order valence-electron chi connectivity index (χ4n) is 14.1. The summed E-state index contributed by atoms with van der Waals surface area (Å²) in [6.45, 7) is -3.82. The van der Waals surface area contributed by atoms with Gasteiger partial charge in [-0.25, -0.2) is 16.8 Å². The molecular weight excluding hydrogens is 1840 g/mol. The maximum atomic E-state index is 13.7. The third kappa shape index (κ3) is 28.8. The summed E-state index contributed by atoms with van der Waals surface area (Å²) in [4.78, 5) is 27.3. The topological polar surface area (TPSA) is 716 Å². The van der Waals surface area contributed by atoms with Crippen LogP contribution in [0.4, 0.5) is 0 Å². The Bertz CT molecular complexity index is 3170. The smallest absolute Gasteiger partial charge is 0.217 e. The summed E-state index contributed by atoms with van der Waals surface area (Å²) >= 11 is -1.18. The Labute approximate surface area is 714 Å². The first kappa shape index (κ1) is 108. The van der Waals surface area contributed by atoms with E-state index in [1.165, 1.54) is 49.8 Å². The maximum Gasteiger partial charge on any atom is 0.217 e. The minimum Gasteiger partial charge on any atom is -0.726 e. The summed E-state index contributed by atoms with van der Waals surface area (Å²) in [5.74, 6) is -4.41. The molecule has 0 N–H and O–H groups in total. The van der Waals surface area contributed by atoms with Crippen molar-refractivity contribution in [1.29, 1.82) is 0 Å². The molecule has 35 atom stereocenters. The molecule has 59 nitrogen and oxygen atoms in total. The Morgan fingerprint density at radius 3 is 0.803 bits per heavy atom. The molecule has 0 bridgehead atoms. The van der Waals surface area contributed by atoms with E-state index in [2.05, 4.69) is 51.0 Å². The number of aliphatic carboxylic acids is 2. The second-order valence-electron chi connectivity index (χ2n) is 25.1. The van der Waals surface area contributed by atoms with Crippen molar-refractivity contribution < 1.29 is 276 Å². The largest absolute Gasteiger partial charge is 0.726 e. The van der Waals surface area contributed by atoms with Crippen LogP contribution in [0.2, 0.25) is 0 Å². The molecule has 0 spiro atoms. The van der Waals surface area contributed by atoms with Gasteiger partial charge < -0.3 is 183 Å². The van der Waals surface area contributed by atoms with E-state index in [1.807, 2.05) is 0 Å². The van der Waals surface area contributed by atoms with E-state index in [0.29, 0.717) is 0 Å². The molecule has 0 amide bonds. The molecule has 0 aromatic rings. The molecule has 0 aromatic heterocycles. The van der Waals surface area contributed by atoms with Gasteiger partial charge in [0, 0.05) is 99.5 Å². The van der Waals surface area contributed by atoms with Crippen LogP contribution in [0.3, 0.4) is 0 Å². The van der Waals surface area contributed by atoms with Gasteiger partial charge in [0.25, 0.3) is 0 Å². The van der Waals surface area contributed by atoms with Crippen molar-refractivity contribution >= 4 is 94.4 Å². The lowest BCUT2D eigenvalue weighted by atomic mass is 9.94. The lowest BCUT2D eigenvalue weighted by Gasteiger charge is -2.52. The van der Waals surface area contributed by atoms with Crippen molar-refractivity contribution in [3.8, 4) is 0 Å². The zero-order valence-corrected chi connectivity index (χ0v) is 71.4. The fourth-order valence-corrected chi connectivity index (χ4v) is 16.4. The highest BCUT2D eigenvalue weighted by molar-refractivity contribution is 7.90. The zero-order chi connectivity index (χ0) is 89.5. The summed E-state index contributed by atoms with van der Waals surface area (Å²) < 4.78 is 296. The highest BCUT2D eigenvalue weighted by Crippen LogP contribution is 2.44. The Morgan fingerprint density at radius 2 is 0.508 bits per heavy atom. The molecule has 14 unspecified atom stereocenters. The average molecular weight is 1930 g/mol. The Kier molecular flexibility index (Phi) is 48.1. The third-order valence-electron chi connectivity index (χ3n) is 19.0. The van der Waals surface area contributed by atoms with Crippen LogP contribution in [-0.2, 0) is 234 Å². The van der Waals surface area contributed by atoms with Crippen LogP contribution < -0.4 is 36.5 Å². The van der Waals surface area contributed by atoms with E-state index in [0.717, 1.165) is 49.8 Å². The number of carboxylic acid groups (broad SMARTS) is 2. The lowest BCUT2D eigenvalue weighted by molar-refractivity contribution is -0.778. The molecule has 122 heavy (non-hydrogen) atoms. The maximum absolute atomic E-state index is 13.7. The van der Waals surface area contributed by atoms with E-state index >= 15 is 0 Å². The molecule has 7 aliphatic rings. The molecule has 7 heterocycles. The average Bonchev–Trinajstić information content (AvgIpc) is 0.794. The highest BCUT2D eigenvalue weighted by atomic mass is 32.3. The summed E-state index contributed by atoms with van der Waals surface area (Å²) in [6, 6.07) is 0. The van der Waals surface area contributed by atoms with Crippen molar-refractivity contribution in [2.75, 3.05) is 133 Å². The van der Waals surface area contributed by atoms with Gasteiger partial charge >= 0.3 is 0 Å². The van der Waals surface area contributed by atoms with Crippen molar-refractivity contribution in [3.05, 3.63) is 0 Å². The number of hydrogen-bond donors (Lipinski definition) is 0. The van der Waals surface area contributed by atoms with Crippen LogP contribution in [0.5, 0.6) is 0 Å². The first-order valence-corrected chi connectivity index (χ1v) is 40.5. The van der Waals surface area contributed by atoms with E-state index < -0.39 is 292 Å². The molecule has 7 saturated heterocycles. The highest BCUT2D eigenvalue weighted by Gasteiger charge is 2.63. The SMILES string of the molecule is COC[C@@H]1O[C@H](O[C@H]2C(OC)C(OC)[C@H](O[C@@H]3C(COS(=O)(=O)[O-])O[C@@H](O[C@@H]4C(C(=O)[O-])O[C@@H](O[C@H]5C(OSOO[O-])C(OSOO[O-])[C@@H](O[C@H]6C(OC)C(OC)[C@@H](O[C@@H]7C(COSOO[O-])O[C@H](OC)C(OSOO[O-])[C@H]7OSOO[O-])O[C@H]6C(=O)[O-])O[C@H]5COS(=O)(=O)[O-])C(OC)[C@H]4OC)C(OC)[C@H]3OC)O[C@H]2COC)C(OC)C(OC)[C@@H]1OC. The van der Waals surface area contributed by atoms with Crippen molar-refractivity contribution in [3.63, 3.8) is 0 Å². The van der Waals surface area contributed by atoms with E-state index in [-0.39, 0.29) is 50.2 Å². The molecule has 7 rings (SSSR count). The number of carbonyl (C=O) groups is 2. The van der Waals surface area contributed by atoms with Gasteiger partial charge in [0.2, 0.25) is 20.8 Å². The second-order valence-corrected chi connectivity index (χ2v) is 29.6. The van der Waals surface area contributed by atoms with Gasteiger partial charge in [0.15, 0.2) is 118 Å². The van der Waals surface area contributed by atoms with Crippen molar-refractivity contribution in [1.82, 2.24) is 0 Å². The second kappa shape index (κ2) is 54.5. The first-order valence-electron chi connectivity index (χ1n) is 34.5. The van der Waals surface area contributed by atoms with Gasteiger partial charge in [-0.15, -0.1) is 21.7 Å². The number of carbonyl (C=O) groups excluding carboxylic acids is 2. The summed E-state index contributed by atoms with van der Waals surface area (Å²) in [7, 11) is 5.12.